The lowest BCUT2D eigenvalue weighted by Gasteiger charge is -2.05. The Morgan fingerprint density at radius 1 is 1.40 bits per heavy atom. The van der Waals surface area contributed by atoms with Gasteiger partial charge < -0.3 is 4.74 Å². The maximum absolute atomic E-state index is 5.59. The number of aryl methyl sites for hydroxylation is 2. The highest BCUT2D eigenvalue weighted by Gasteiger charge is 2.01. The van der Waals surface area contributed by atoms with E-state index in [2.05, 4.69) is 10.1 Å². The van der Waals surface area contributed by atoms with Crippen molar-refractivity contribution in [3.05, 3.63) is 42.0 Å². The number of nitrogens with zero attached hydrogens (tertiary/aromatic N) is 3. The molecule has 2 aromatic rings. The molecule has 1 aromatic heterocycles. The fourth-order valence-corrected chi connectivity index (χ4v) is 1.30. The second kappa shape index (κ2) is 4.13. The number of benzene rings is 1. The fraction of sp³-hybridized carbons (Fsp3) is 0.273. The maximum Gasteiger partial charge on any atom is 0.164 e. The molecule has 0 saturated carbocycles. The molecular formula is C11H13N3O. The van der Waals surface area contributed by atoms with E-state index in [0.29, 0.717) is 6.61 Å². The van der Waals surface area contributed by atoms with Gasteiger partial charge in [0.15, 0.2) is 5.82 Å². The van der Waals surface area contributed by atoms with Crippen molar-refractivity contribution in [2.75, 3.05) is 0 Å². The van der Waals surface area contributed by atoms with Crippen LogP contribution in [-0.4, -0.2) is 14.8 Å². The van der Waals surface area contributed by atoms with E-state index in [0.717, 1.165) is 11.6 Å². The van der Waals surface area contributed by atoms with Crippen LogP contribution in [0.5, 0.6) is 5.75 Å². The Balaban J connectivity index is 2.02. The third kappa shape index (κ3) is 2.34. The van der Waals surface area contributed by atoms with Crippen molar-refractivity contribution in [3.63, 3.8) is 0 Å². The summed E-state index contributed by atoms with van der Waals surface area (Å²) in [6, 6.07) is 7.94. The monoisotopic (exact) mass is 203 g/mol. The minimum atomic E-state index is 0.444. The lowest BCUT2D eigenvalue weighted by Crippen LogP contribution is -2.04. The van der Waals surface area contributed by atoms with E-state index in [4.69, 9.17) is 4.74 Å². The van der Waals surface area contributed by atoms with Gasteiger partial charge in [0, 0.05) is 7.05 Å². The van der Waals surface area contributed by atoms with Gasteiger partial charge in [0.25, 0.3) is 0 Å². The summed E-state index contributed by atoms with van der Waals surface area (Å²) in [7, 11) is 1.85. The van der Waals surface area contributed by atoms with Crippen molar-refractivity contribution in [1.29, 1.82) is 0 Å². The van der Waals surface area contributed by atoms with Crippen LogP contribution >= 0.6 is 0 Å². The summed E-state index contributed by atoms with van der Waals surface area (Å²) in [5, 5.41) is 3.97. The predicted molar refractivity (Wildman–Crippen MR) is 56.5 cm³/mol. The molecule has 78 valence electrons. The van der Waals surface area contributed by atoms with Gasteiger partial charge in [-0.2, -0.15) is 5.10 Å². The predicted octanol–water partition coefficient (Wildman–Crippen LogP) is 1.70. The molecule has 4 nitrogen and oxygen atoms in total. The number of aromatic nitrogens is 3. The number of hydrogen-bond donors (Lipinski definition) is 0. The van der Waals surface area contributed by atoms with Crippen LogP contribution in [0.25, 0.3) is 0 Å². The van der Waals surface area contributed by atoms with Crippen molar-refractivity contribution in [2.24, 2.45) is 7.05 Å². The number of hydrogen-bond acceptors (Lipinski definition) is 3. The highest BCUT2D eigenvalue weighted by Crippen LogP contribution is 2.13. The summed E-state index contributed by atoms with van der Waals surface area (Å²) >= 11 is 0. The molecule has 0 aliphatic rings. The normalized spacial score (nSPS) is 10.3. The summed E-state index contributed by atoms with van der Waals surface area (Å²) in [6.45, 7) is 2.48. The van der Waals surface area contributed by atoms with E-state index >= 15 is 0 Å². The molecule has 0 bridgehead atoms. The molecular weight excluding hydrogens is 190 g/mol. The van der Waals surface area contributed by atoms with Crippen LogP contribution in [-0.2, 0) is 13.7 Å². The minimum absolute atomic E-state index is 0.444. The molecule has 0 fully saturated rings. The van der Waals surface area contributed by atoms with E-state index in [-0.39, 0.29) is 0 Å². The first-order valence-electron chi connectivity index (χ1n) is 4.78. The van der Waals surface area contributed by atoms with Crippen LogP contribution in [0.3, 0.4) is 0 Å². The van der Waals surface area contributed by atoms with Crippen LogP contribution in [0.15, 0.2) is 30.6 Å². The van der Waals surface area contributed by atoms with Crippen molar-refractivity contribution >= 4 is 0 Å². The Morgan fingerprint density at radius 3 is 2.93 bits per heavy atom. The first kappa shape index (κ1) is 9.71. The molecule has 0 N–H and O–H groups in total. The first-order chi connectivity index (χ1) is 7.25. The lowest BCUT2D eigenvalue weighted by molar-refractivity contribution is 0.289. The highest BCUT2D eigenvalue weighted by atomic mass is 16.5. The quantitative estimate of drug-likeness (QED) is 0.762. The summed E-state index contributed by atoms with van der Waals surface area (Å²) < 4.78 is 7.29. The van der Waals surface area contributed by atoms with Gasteiger partial charge >= 0.3 is 0 Å². The zero-order chi connectivity index (χ0) is 10.7. The largest absolute Gasteiger partial charge is 0.486 e. The van der Waals surface area contributed by atoms with Crippen molar-refractivity contribution in [1.82, 2.24) is 14.8 Å². The molecule has 0 saturated heterocycles. The molecule has 1 aromatic carbocycles. The number of rotatable bonds is 3. The van der Waals surface area contributed by atoms with E-state index in [1.807, 2.05) is 38.2 Å². The third-order valence-electron chi connectivity index (χ3n) is 2.16. The molecule has 15 heavy (non-hydrogen) atoms. The Bertz CT molecular complexity index is 451. The molecule has 2 rings (SSSR count). The summed E-state index contributed by atoms with van der Waals surface area (Å²) in [5.41, 5.74) is 1.19. The molecule has 4 heteroatoms. The SMILES string of the molecule is Cc1cccc(OCc2ncnn2C)c1. The van der Waals surface area contributed by atoms with Crippen LogP contribution in [0.4, 0.5) is 0 Å². The Morgan fingerprint density at radius 2 is 2.27 bits per heavy atom. The summed E-state index contributed by atoms with van der Waals surface area (Å²) in [5.74, 6) is 1.68. The van der Waals surface area contributed by atoms with Gasteiger partial charge in [0.05, 0.1) is 0 Å². The lowest BCUT2D eigenvalue weighted by atomic mass is 10.2. The fourth-order valence-electron chi connectivity index (χ4n) is 1.30. The molecule has 0 spiro atoms. The zero-order valence-electron chi connectivity index (χ0n) is 8.84. The van der Waals surface area contributed by atoms with Gasteiger partial charge in [-0.3, -0.25) is 4.68 Å². The smallest absolute Gasteiger partial charge is 0.164 e. The van der Waals surface area contributed by atoms with Gasteiger partial charge in [-0.15, -0.1) is 0 Å². The van der Waals surface area contributed by atoms with E-state index < -0.39 is 0 Å². The first-order valence-corrected chi connectivity index (χ1v) is 4.78. The average Bonchev–Trinajstić information content (AvgIpc) is 2.61. The van der Waals surface area contributed by atoms with E-state index in [1.54, 1.807) is 4.68 Å². The topological polar surface area (TPSA) is 39.9 Å². The standard InChI is InChI=1S/C11H13N3O/c1-9-4-3-5-10(6-9)15-7-11-12-8-13-14(11)2/h3-6,8H,7H2,1-2H3. The molecule has 0 amide bonds. The van der Waals surface area contributed by atoms with Gasteiger partial charge in [-0.05, 0) is 24.6 Å². The average molecular weight is 203 g/mol. The second-order valence-corrected chi connectivity index (χ2v) is 3.41. The number of ether oxygens (including phenoxy) is 1. The van der Waals surface area contributed by atoms with E-state index in [1.165, 1.54) is 11.9 Å². The van der Waals surface area contributed by atoms with Crippen LogP contribution in [0.2, 0.25) is 0 Å². The maximum atomic E-state index is 5.59. The van der Waals surface area contributed by atoms with E-state index in [9.17, 15) is 0 Å². The minimum Gasteiger partial charge on any atom is -0.486 e. The van der Waals surface area contributed by atoms with Gasteiger partial charge in [-0.1, -0.05) is 12.1 Å². The molecule has 0 aliphatic carbocycles. The molecule has 0 radical (unpaired) electrons. The molecule has 0 atom stereocenters. The molecule has 0 aliphatic heterocycles. The zero-order valence-corrected chi connectivity index (χ0v) is 8.84. The van der Waals surface area contributed by atoms with Gasteiger partial charge in [0.2, 0.25) is 0 Å². The van der Waals surface area contributed by atoms with Gasteiger partial charge in [-0.25, -0.2) is 4.98 Å². The Hall–Kier alpha value is -1.84. The Kier molecular flexibility index (Phi) is 2.67. The summed E-state index contributed by atoms with van der Waals surface area (Å²) in [6.07, 6.45) is 1.52. The van der Waals surface area contributed by atoms with Crippen molar-refractivity contribution in [3.8, 4) is 5.75 Å². The third-order valence-corrected chi connectivity index (χ3v) is 2.16. The van der Waals surface area contributed by atoms with Crippen molar-refractivity contribution < 1.29 is 4.74 Å². The second-order valence-electron chi connectivity index (χ2n) is 3.41. The molecule has 0 unspecified atom stereocenters. The summed E-state index contributed by atoms with van der Waals surface area (Å²) in [4.78, 5) is 4.08. The molecule has 1 heterocycles. The van der Waals surface area contributed by atoms with Crippen molar-refractivity contribution in [2.45, 2.75) is 13.5 Å². The van der Waals surface area contributed by atoms with Crippen LogP contribution in [0, 0.1) is 6.92 Å². The Labute approximate surface area is 88.5 Å². The van der Waals surface area contributed by atoms with Crippen LogP contribution < -0.4 is 4.74 Å². The van der Waals surface area contributed by atoms with Crippen LogP contribution in [0.1, 0.15) is 11.4 Å². The highest BCUT2D eigenvalue weighted by molar-refractivity contribution is 5.27. The van der Waals surface area contributed by atoms with Gasteiger partial charge in [0.1, 0.15) is 18.7 Å².